The molecule has 1 atom stereocenters. The van der Waals surface area contributed by atoms with Gasteiger partial charge >= 0.3 is 6.09 Å². The lowest BCUT2D eigenvalue weighted by Crippen LogP contribution is -2.40. The van der Waals surface area contributed by atoms with Crippen molar-refractivity contribution in [2.24, 2.45) is 5.92 Å². The van der Waals surface area contributed by atoms with E-state index in [4.69, 9.17) is 4.74 Å². The van der Waals surface area contributed by atoms with Crippen LogP contribution in [0.1, 0.15) is 25.0 Å². The van der Waals surface area contributed by atoms with E-state index < -0.39 is 12.2 Å². The Morgan fingerprint density at radius 2 is 1.96 bits per heavy atom. The lowest BCUT2D eigenvalue weighted by atomic mass is 10.1. The van der Waals surface area contributed by atoms with Crippen molar-refractivity contribution in [3.8, 4) is 0 Å². The van der Waals surface area contributed by atoms with Crippen LogP contribution in [-0.2, 0) is 16.1 Å². The molecule has 0 aromatic heterocycles. The van der Waals surface area contributed by atoms with Crippen molar-refractivity contribution >= 4 is 12.0 Å². The SMILES string of the molecule is Cc1ccc(CN2CC(O)CN(C(=O)OCC(C)C)CC2=O)cc1. The highest BCUT2D eigenvalue weighted by Gasteiger charge is 2.30. The van der Waals surface area contributed by atoms with Crippen molar-refractivity contribution in [2.45, 2.75) is 33.4 Å². The van der Waals surface area contributed by atoms with Crippen molar-refractivity contribution in [2.75, 3.05) is 26.2 Å². The number of aliphatic hydroxyl groups is 1. The number of ether oxygens (including phenoxy) is 1. The van der Waals surface area contributed by atoms with Gasteiger partial charge in [0.05, 0.1) is 19.3 Å². The molecule has 1 aliphatic heterocycles. The zero-order valence-electron chi connectivity index (χ0n) is 14.6. The van der Waals surface area contributed by atoms with Crippen molar-refractivity contribution in [3.63, 3.8) is 0 Å². The van der Waals surface area contributed by atoms with Crippen LogP contribution in [-0.4, -0.2) is 59.3 Å². The maximum absolute atomic E-state index is 12.4. The average molecular weight is 334 g/mol. The molecule has 0 aliphatic carbocycles. The molecule has 0 bridgehead atoms. The minimum absolute atomic E-state index is 0.0696. The molecular formula is C18H26N2O4. The van der Waals surface area contributed by atoms with Gasteiger partial charge in [0.2, 0.25) is 5.91 Å². The van der Waals surface area contributed by atoms with Gasteiger partial charge in [-0.25, -0.2) is 4.79 Å². The predicted octanol–water partition coefficient (Wildman–Crippen LogP) is 1.79. The first-order valence-electron chi connectivity index (χ1n) is 8.28. The molecule has 6 nitrogen and oxygen atoms in total. The van der Waals surface area contributed by atoms with Gasteiger partial charge in [-0.05, 0) is 18.4 Å². The van der Waals surface area contributed by atoms with Gasteiger partial charge in [-0.1, -0.05) is 43.7 Å². The van der Waals surface area contributed by atoms with E-state index in [2.05, 4.69) is 0 Å². The van der Waals surface area contributed by atoms with Gasteiger partial charge in [0.1, 0.15) is 6.54 Å². The first kappa shape index (κ1) is 18.3. The maximum Gasteiger partial charge on any atom is 0.410 e. The van der Waals surface area contributed by atoms with Gasteiger partial charge in [0.15, 0.2) is 0 Å². The predicted molar refractivity (Wildman–Crippen MR) is 90.4 cm³/mol. The minimum Gasteiger partial charge on any atom is -0.449 e. The van der Waals surface area contributed by atoms with Crippen molar-refractivity contribution < 1.29 is 19.4 Å². The summed E-state index contributed by atoms with van der Waals surface area (Å²) in [7, 11) is 0. The van der Waals surface area contributed by atoms with Gasteiger partial charge in [-0.3, -0.25) is 9.69 Å². The molecule has 1 aromatic carbocycles. The molecule has 1 aliphatic rings. The molecule has 6 heteroatoms. The molecule has 1 N–H and O–H groups in total. The van der Waals surface area contributed by atoms with E-state index in [0.29, 0.717) is 13.2 Å². The maximum atomic E-state index is 12.4. The molecule has 0 spiro atoms. The Labute approximate surface area is 143 Å². The lowest BCUT2D eigenvalue weighted by Gasteiger charge is -2.22. The fourth-order valence-corrected chi connectivity index (χ4v) is 2.53. The molecule has 0 saturated carbocycles. The number of carbonyl (C=O) groups excluding carboxylic acids is 2. The van der Waals surface area contributed by atoms with E-state index in [1.54, 1.807) is 4.90 Å². The Morgan fingerprint density at radius 1 is 1.29 bits per heavy atom. The van der Waals surface area contributed by atoms with Crippen LogP contribution in [0.3, 0.4) is 0 Å². The second-order valence-corrected chi connectivity index (χ2v) is 6.76. The Balaban J connectivity index is 2.00. The third kappa shape index (κ3) is 5.23. The fraction of sp³-hybridized carbons (Fsp3) is 0.556. The standard InChI is InChI=1S/C18H26N2O4/c1-13(2)12-24-18(23)20-10-16(21)9-19(17(22)11-20)8-15-6-4-14(3)5-7-15/h4-7,13,16,21H,8-12H2,1-3H3. The highest BCUT2D eigenvalue weighted by molar-refractivity contribution is 5.83. The Hall–Kier alpha value is -2.08. The van der Waals surface area contributed by atoms with E-state index in [1.807, 2.05) is 45.0 Å². The Kier molecular flexibility index (Phi) is 6.20. The van der Waals surface area contributed by atoms with E-state index in [0.717, 1.165) is 11.1 Å². The smallest absolute Gasteiger partial charge is 0.410 e. The molecule has 1 unspecified atom stereocenters. The van der Waals surface area contributed by atoms with Crippen molar-refractivity contribution in [3.05, 3.63) is 35.4 Å². The summed E-state index contributed by atoms with van der Waals surface area (Å²) in [6.45, 7) is 6.86. The van der Waals surface area contributed by atoms with Gasteiger partial charge in [-0.2, -0.15) is 0 Å². The first-order valence-corrected chi connectivity index (χ1v) is 8.28. The van der Waals surface area contributed by atoms with Crippen LogP contribution in [0.5, 0.6) is 0 Å². The molecule has 1 heterocycles. The van der Waals surface area contributed by atoms with Gasteiger partial charge in [0.25, 0.3) is 0 Å². The summed E-state index contributed by atoms with van der Waals surface area (Å²) in [6, 6.07) is 7.91. The van der Waals surface area contributed by atoms with Crippen LogP contribution in [0.15, 0.2) is 24.3 Å². The zero-order valence-corrected chi connectivity index (χ0v) is 14.6. The number of β-amino-alcohol motifs (C(OH)–C–C–N with tert-alkyl or cyclic N) is 1. The van der Waals surface area contributed by atoms with Crippen molar-refractivity contribution in [1.82, 2.24) is 9.80 Å². The minimum atomic E-state index is -0.784. The first-order chi connectivity index (χ1) is 11.3. The number of hydrogen-bond donors (Lipinski definition) is 1. The van der Waals surface area contributed by atoms with Crippen LogP contribution in [0.4, 0.5) is 4.79 Å². The van der Waals surface area contributed by atoms with Gasteiger partial charge in [0, 0.05) is 13.1 Å². The highest BCUT2D eigenvalue weighted by atomic mass is 16.6. The number of carbonyl (C=O) groups is 2. The largest absolute Gasteiger partial charge is 0.449 e. The van der Waals surface area contributed by atoms with Crippen LogP contribution < -0.4 is 0 Å². The van der Waals surface area contributed by atoms with E-state index in [9.17, 15) is 14.7 Å². The van der Waals surface area contributed by atoms with Crippen LogP contribution in [0, 0.1) is 12.8 Å². The second-order valence-electron chi connectivity index (χ2n) is 6.76. The van der Waals surface area contributed by atoms with Crippen molar-refractivity contribution in [1.29, 1.82) is 0 Å². The monoisotopic (exact) mass is 334 g/mol. The summed E-state index contributed by atoms with van der Waals surface area (Å²) < 4.78 is 5.17. The molecule has 2 amide bonds. The molecular weight excluding hydrogens is 308 g/mol. The van der Waals surface area contributed by atoms with Crippen LogP contribution >= 0.6 is 0 Å². The number of hydrogen-bond acceptors (Lipinski definition) is 4. The summed E-state index contributed by atoms with van der Waals surface area (Å²) in [4.78, 5) is 27.4. The average Bonchev–Trinajstić information content (AvgIpc) is 2.66. The van der Waals surface area contributed by atoms with Gasteiger partial charge in [-0.15, -0.1) is 0 Å². The van der Waals surface area contributed by atoms with Crippen LogP contribution in [0.25, 0.3) is 0 Å². The number of aliphatic hydroxyl groups excluding tert-OH is 1. The lowest BCUT2D eigenvalue weighted by molar-refractivity contribution is -0.132. The van der Waals surface area contributed by atoms with E-state index in [-0.39, 0.29) is 31.5 Å². The molecule has 1 saturated heterocycles. The molecule has 0 radical (unpaired) electrons. The number of rotatable bonds is 4. The molecule has 132 valence electrons. The molecule has 24 heavy (non-hydrogen) atoms. The molecule has 2 rings (SSSR count). The summed E-state index contributed by atoms with van der Waals surface area (Å²) in [5.41, 5.74) is 2.15. The topological polar surface area (TPSA) is 70.1 Å². The quantitative estimate of drug-likeness (QED) is 0.911. The molecule has 1 fully saturated rings. The Morgan fingerprint density at radius 3 is 2.58 bits per heavy atom. The summed E-state index contributed by atoms with van der Waals surface area (Å²) in [5.74, 6) is 0.0354. The fourth-order valence-electron chi connectivity index (χ4n) is 2.53. The molecule has 1 aromatic rings. The number of benzene rings is 1. The second kappa shape index (κ2) is 8.15. The third-order valence-electron chi connectivity index (χ3n) is 3.83. The summed E-state index contributed by atoms with van der Waals surface area (Å²) in [5, 5.41) is 10.2. The third-order valence-corrected chi connectivity index (χ3v) is 3.83. The van der Waals surface area contributed by atoms with E-state index in [1.165, 1.54) is 4.90 Å². The summed E-state index contributed by atoms with van der Waals surface area (Å²) >= 11 is 0. The zero-order chi connectivity index (χ0) is 17.7. The number of aryl methyl sites for hydroxylation is 1. The van der Waals surface area contributed by atoms with Gasteiger partial charge < -0.3 is 14.7 Å². The number of nitrogens with zero attached hydrogens (tertiary/aromatic N) is 2. The van der Waals surface area contributed by atoms with E-state index >= 15 is 0 Å². The van der Waals surface area contributed by atoms with Crippen LogP contribution in [0.2, 0.25) is 0 Å². The normalized spacial score (nSPS) is 18.7. The number of amides is 2. The highest BCUT2D eigenvalue weighted by Crippen LogP contribution is 2.12. The summed E-state index contributed by atoms with van der Waals surface area (Å²) in [6.07, 6.45) is -1.33. The Bertz CT molecular complexity index is 571.